The molecule has 0 bridgehead atoms. The van der Waals surface area contributed by atoms with Crippen LogP contribution in [0.4, 0.5) is 13.2 Å². The lowest BCUT2D eigenvalue weighted by atomic mass is 10.2. The van der Waals surface area contributed by atoms with Crippen LogP contribution in [-0.2, 0) is 6.54 Å². The number of hydrogen-bond donors (Lipinski definition) is 1. The highest BCUT2D eigenvalue weighted by molar-refractivity contribution is 5.27. The van der Waals surface area contributed by atoms with Gasteiger partial charge in [0.25, 0.3) is 0 Å². The van der Waals surface area contributed by atoms with Crippen LogP contribution >= 0.6 is 0 Å². The summed E-state index contributed by atoms with van der Waals surface area (Å²) in [7, 11) is 0. The van der Waals surface area contributed by atoms with Gasteiger partial charge in [0.2, 0.25) is 0 Å². The first-order valence-electron chi connectivity index (χ1n) is 6.00. The Morgan fingerprint density at radius 3 is 2.39 bits per heavy atom. The first-order valence-corrected chi connectivity index (χ1v) is 6.00. The van der Waals surface area contributed by atoms with Crippen LogP contribution in [0, 0.1) is 0 Å². The second-order valence-corrected chi connectivity index (χ2v) is 3.97. The molecule has 0 heterocycles. The third-order valence-electron chi connectivity index (χ3n) is 2.38. The van der Waals surface area contributed by atoms with Crippen molar-refractivity contribution in [2.75, 3.05) is 13.2 Å². The van der Waals surface area contributed by atoms with Crippen LogP contribution in [0.15, 0.2) is 24.3 Å². The summed E-state index contributed by atoms with van der Waals surface area (Å²) in [5.41, 5.74) is 1.03. The molecule has 0 aliphatic heterocycles. The van der Waals surface area contributed by atoms with Crippen molar-refractivity contribution >= 4 is 0 Å². The minimum atomic E-state index is -4.05. The Bertz CT molecular complexity index is 335. The monoisotopic (exact) mass is 261 g/mol. The molecule has 0 fully saturated rings. The molecule has 0 atom stereocenters. The van der Waals surface area contributed by atoms with Crippen LogP contribution in [-0.4, -0.2) is 19.3 Å². The number of ether oxygens (including phenoxy) is 1. The summed E-state index contributed by atoms with van der Waals surface area (Å²) < 4.78 is 40.9. The summed E-state index contributed by atoms with van der Waals surface area (Å²) in [6, 6.07) is 7.52. The SMILES string of the molecule is CCOc1ccc(CNCCCC(F)(F)F)cc1. The van der Waals surface area contributed by atoms with Crippen LogP contribution in [0.1, 0.15) is 25.3 Å². The lowest BCUT2D eigenvalue weighted by Crippen LogP contribution is -2.17. The molecule has 0 aliphatic carbocycles. The van der Waals surface area contributed by atoms with Crippen LogP contribution in [0.5, 0.6) is 5.75 Å². The van der Waals surface area contributed by atoms with Crippen LogP contribution in [0.3, 0.4) is 0 Å². The number of rotatable bonds is 7. The maximum atomic E-state index is 11.9. The van der Waals surface area contributed by atoms with Gasteiger partial charge in [0.05, 0.1) is 6.61 Å². The van der Waals surface area contributed by atoms with Crippen molar-refractivity contribution in [3.63, 3.8) is 0 Å². The molecule has 1 N–H and O–H groups in total. The fraction of sp³-hybridized carbons (Fsp3) is 0.538. The molecule has 102 valence electrons. The predicted octanol–water partition coefficient (Wildman–Crippen LogP) is 3.52. The molecule has 1 aromatic carbocycles. The molecule has 0 unspecified atom stereocenters. The third kappa shape index (κ3) is 6.49. The molecule has 0 saturated heterocycles. The molecule has 0 spiro atoms. The molecule has 0 saturated carbocycles. The highest BCUT2D eigenvalue weighted by atomic mass is 19.4. The first kappa shape index (κ1) is 14.8. The first-order chi connectivity index (χ1) is 8.51. The zero-order chi connectivity index (χ0) is 13.4. The Morgan fingerprint density at radius 1 is 1.17 bits per heavy atom. The summed E-state index contributed by atoms with van der Waals surface area (Å²) in [6.45, 7) is 3.47. The second-order valence-electron chi connectivity index (χ2n) is 3.97. The van der Waals surface area contributed by atoms with Gasteiger partial charge < -0.3 is 10.1 Å². The molecule has 0 aliphatic rings. The molecular weight excluding hydrogens is 243 g/mol. The quantitative estimate of drug-likeness (QED) is 0.758. The van der Waals surface area contributed by atoms with Gasteiger partial charge in [0, 0.05) is 13.0 Å². The maximum Gasteiger partial charge on any atom is 0.389 e. The zero-order valence-electron chi connectivity index (χ0n) is 10.4. The van der Waals surface area contributed by atoms with Crippen molar-refractivity contribution in [1.29, 1.82) is 0 Å². The fourth-order valence-corrected chi connectivity index (χ4v) is 1.52. The van der Waals surface area contributed by atoms with Gasteiger partial charge in [-0.05, 0) is 37.6 Å². The van der Waals surface area contributed by atoms with E-state index in [2.05, 4.69) is 5.32 Å². The summed E-state index contributed by atoms with van der Waals surface area (Å²) in [5, 5.41) is 2.98. The molecule has 18 heavy (non-hydrogen) atoms. The standard InChI is InChI=1S/C13H18F3NO/c1-2-18-12-6-4-11(5-7-12)10-17-9-3-8-13(14,15)16/h4-7,17H,2-3,8-10H2,1H3. The van der Waals surface area contributed by atoms with E-state index in [4.69, 9.17) is 4.74 Å². The number of alkyl halides is 3. The van der Waals surface area contributed by atoms with E-state index in [-0.39, 0.29) is 6.42 Å². The highest BCUT2D eigenvalue weighted by Gasteiger charge is 2.25. The number of nitrogens with one attached hydrogen (secondary N) is 1. The van der Waals surface area contributed by atoms with E-state index in [1.54, 1.807) is 0 Å². The smallest absolute Gasteiger partial charge is 0.389 e. The fourth-order valence-electron chi connectivity index (χ4n) is 1.52. The molecule has 1 rings (SSSR count). The van der Waals surface area contributed by atoms with Crippen molar-refractivity contribution in [3.05, 3.63) is 29.8 Å². The number of hydrogen-bond acceptors (Lipinski definition) is 2. The van der Waals surface area contributed by atoms with Gasteiger partial charge in [-0.3, -0.25) is 0 Å². The molecule has 0 aromatic heterocycles. The summed E-state index contributed by atoms with van der Waals surface area (Å²) in [6.07, 6.45) is -4.68. The topological polar surface area (TPSA) is 21.3 Å². The van der Waals surface area contributed by atoms with Crippen LogP contribution in [0.25, 0.3) is 0 Å². The largest absolute Gasteiger partial charge is 0.494 e. The van der Waals surface area contributed by atoms with Crippen molar-refractivity contribution in [2.24, 2.45) is 0 Å². The minimum Gasteiger partial charge on any atom is -0.494 e. The van der Waals surface area contributed by atoms with E-state index in [9.17, 15) is 13.2 Å². The van der Waals surface area contributed by atoms with E-state index < -0.39 is 12.6 Å². The Kier molecular flexibility index (Phi) is 5.98. The Morgan fingerprint density at radius 2 is 1.83 bits per heavy atom. The average Bonchev–Trinajstić information content (AvgIpc) is 2.30. The molecule has 2 nitrogen and oxygen atoms in total. The Labute approximate surface area is 105 Å². The van der Waals surface area contributed by atoms with Gasteiger partial charge in [-0.15, -0.1) is 0 Å². The molecule has 5 heteroatoms. The molecular formula is C13H18F3NO. The zero-order valence-corrected chi connectivity index (χ0v) is 10.4. The predicted molar refractivity (Wildman–Crippen MR) is 64.6 cm³/mol. The van der Waals surface area contributed by atoms with Crippen molar-refractivity contribution in [2.45, 2.75) is 32.5 Å². The lowest BCUT2D eigenvalue weighted by molar-refractivity contribution is -0.135. The summed E-state index contributed by atoms with van der Waals surface area (Å²) in [4.78, 5) is 0. The molecule has 1 aromatic rings. The normalized spacial score (nSPS) is 11.6. The van der Waals surface area contributed by atoms with E-state index in [0.717, 1.165) is 11.3 Å². The van der Waals surface area contributed by atoms with Crippen LogP contribution in [0.2, 0.25) is 0 Å². The van der Waals surface area contributed by atoms with Gasteiger partial charge in [-0.1, -0.05) is 12.1 Å². The van der Waals surface area contributed by atoms with Gasteiger partial charge in [-0.2, -0.15) is 13.2 Å². The number of halogens is 3. The van der Waals surface area contributed by atoms with E-state index >= 15 is 0 Å². The molecule has 0 amide bonds. The second kappa shape index (κ2) is 7.26. The van der Waals surface area contributed by atoms with Crippen molar-refractivity contribution in [1.82, 2.24) is 5.32 Å². The molecule has 0 radical (unpaired) electrons. The van der Waals surface area contributed by atoms with E-state index in [1.807, 2.05) is 31.2 Å². The highest BCUT2D eigenvalue weighted by Crippen LogP contribution is 2.20. The minimum absolute atomic E-state index is 0.112. The summed E-state index contributed by atoms with van der Waals surface area (Å²) in [5.74, 6) is 0.804. The van der Waals surface area contributed by atoms with Crippen LogP contribution < -0.4 is 10.1 Å². The maximum absolute atomic E-state index is 11.9. The van der Waals surface area contributed by atoms with Gasteiger partial charge in [-0.25, -0.2) is 0 Å². The van der Waals surface area contributed by atoms with Gasteiger partial charge in [0.1, 0.15) is 5.75 Å². The van der Waals surface area contributed by atoms with Crippen molar-refractivity contribution in [3.8, 4) is 5.75 Å². The summed E-state index contributed by atoms with van der Waals surface area (Å²) >= 11 is 0. The van der Waals surface area contributed by atoms with E-state index in [0.29, 0.717) is 19.7 Å². The third-order valence-corrected chi connectivity index (χ3v) is 2.38. The van der Waals surface area contributed by atoms with E-state index in [1.165, 1.54) is 0 Å². The Hall–Kier alpha value is -1.23. The van der Waals surface area contributed by atoms with Gasteiger partial charge in [0.15, 0.2) is 0 Å². The number of benzene rings is 1. The lowest BCUT2D eigenvalue weighted by Gasteiger charge is -2.08. The average molecular weight is 261 g/mol. The van der Waals surface area contributed by atoms with Gasteiger partial charge >= 0.3 is 6.18 Å². The van der Waals surface area contributed by atoms with Crippen molar-refractivity contribution < 1.29 is 17.9 Å². The Balaban J connectivity index is 2.19.